The lowest BCUT2D eigenvalue weighted by Gasteiger charge is -2.14. The summed E-state index contributed by atoms with van der Waals surface area (Å²) in [7, 11) is 3.27. The fraction of sp³-hybridized carbons (Fsp3) is 0.190. The van der Waals surface area contributed by atoms with Crippen LogP contribution in [0.5, 0.6) is 11.5 Å². The van der Waals surface area contributed by atoms with Gasteiger partial charge in [-0.15, -0.1) is 0 Å². The lowest BCUT2D eigenvalue weighted by Crippen LogP contribution is -2.18. The van der Waals surface area contributed by atoms with Crippen molar-refractivity contribution in [2.75, 3.05) is 19.5 Å². The van der Waals surface area contributed by atoms with Gasteiger partial charge in [0.05, 0.1) is 20.1 Å². The summed E-state index contributed by atoms with van der Waals surface area (Å²) < 4.78 is 10.4. The van der Waals surface area contributed by atoms with Crippen LogP contribution in [0.2, 0.25) is 0 Å². The second-order valence-corrected chi connectivity index (χ2v) is 5.91. The second-order valence-electron chi connectivity index (χ2n) is 5.91. The van der Waals surface area contributed by atoms with Crippen molar-refractivity contribution >= 4 is 22.4 Å². The molecule has 0 aliphatic heterocycles. The molecule has 0 spiro atoms. The highest BCUT2D eigenvalue weighted by atomic mass is 16.5. The van der Waals surface area contributed by atoms with Gasteiger partial charge in [0, 0.05) is 5.69 Å². The van der Waals surface area contributed by atoms with Crippen LogP contribution in [-0.2, 0) is 4.79 Å². The number of hydrogen-bond acceptors (Lipinski definition) is 3. The van der Waals surface area contributed by atoms with Gasteiger partial charge < -0.3 is 14.8 Å². The third-order valence-corrected chi connectivity index (χ3v) is 4.32. The monoisotopic (exact) mass is 335 g/mol. The van der Waals surface area contributed by atoms with Gasteiger partial charge in [-0.2, -0.15) is 0 Å². The normalized spacial score (nSPS) is 11.8. The number of nitrogens with one attached hydrogen (secondary N) is 1. The summed E-state index contributed by atoms with van der Waals surface area (Å²) in [6.07, 6.45) is 0. The van der Waals surface area contributed by atoms with Crippen molar-refractivity contribution in [3.63, 3.8) is 0 Å². The first-order valence-electron chi connectivity index (χ1n) is 8.13. The van der Waals surface area contributed by atoms with Crippen molar-refractivity contribution in [2.24, 2.45) is 0 Å². The molecule has 3 aromatic carbocycles. The van der Waals surface area contributed by atoms with Gasteiger partial charge in [-0.25, -0.2) is 0 Å². The molecule has 0 fully saturated rings. The van der Waals surface area contributed by atoms with Crippen LogP contribution in [0.15, 0.2) is 60.7 Å². The molecule has 0 unspecified atom stereocenters. The molecule has 0 aromatic heterocycles. The van der Waals surface area contributed by atoms with Crippen molar-refractivity contribution in [3.8, 4) is 11.5 Å². The number of amides is 1. The van der Waals surface area contributed by atoms with E-state index in [9.17, 15) is 4.79 Å². The maximum absolute atomic E-state index is 12.5. The molecule has 1 N–H and O–H groups in total. The molecule has 25 heavy (non-hydrogen) atoms. The van der Waals surface area contributed by atoms with Gasteiger partial charge in [0.25, 0.3) is 0 Å². The van der Waals surface area contributed by atoms with Crippen LogP contribution in [0.4, 0.5) is 5.69 Å². The molecule has 3 aromatic rings. The smallest absolute Gasteiger partial charge is 0.231 e. The van der Waals surface area contributed by atoms with Crippen molar-refractivity contribution in [2.45, 2.75) is 12.8 Å². The van der Waals surface area contributed by atoms with Crippen molar-refractivity contribution in [1.82, 2.24) is 0 Å². The Morgan fingerprint density at radius 3 is 2.12 bits per heavy atom. The molecule has 0 saturated carbocycles. The second kappa shape index (κ2) is 7.26. The Bertz CT molecular complexity index is 887. The SMILES string of the molecule is COc1ccc(NC(=O)[C@@H](C)c2ccc3cc(OC)ccc3c2)cc1. The van der Waals surface area contributed by atoms with Crippen LogP contribution >= 0.6 is 0 Å². The Hall–Kier alpha value is -3.01. The molecule has 1 amide bonds. The first-order valence-corrected chi connectivity index (χ1v) is 8.13. The minimum absolute atomic E-state index is 0.0435. The quantitative estimate of drug-likeness (QED) is 0.741. The number of carbonyl (C=O) groups excluding carboxylic acids is 1. The molecule has 0 radical (unpaired) electrons. The first kappa shape index (κ1) is 16.8. The van der Waals surface area contributed by atoms with E-state index < -0.39 is 0 Å². The molecule has 1 atom stereocenters. The van der Waals surface area contributed by atoms with Crippen LogP contribution in [0.3, 0.4) is 0 Å². The number of methoxy groups -OCH3 is 2. The number of benzene rings is 3. The summed E-state index contributed by atoms with van der Waals surface area (Å²) in [5.41, 5.74) is 1.73. The van der Waals surface area contributed by atoms with E-state index in [0.717, 1.165) is 33.5 Å². The van der Waals surface area contributed by atoms with Gasteiger partial charge in [-0.1, -0.05) is 24.3 Å². The Morgan fingerprint density at radius 1 is 0.840 bits per heavy atom. The van der Waals surface area contributed by atoms with Gasteiger partial charge in [-0.05, 0) is 59.7 Å². The number of hydrogen-bond donors (Lipinski definition) is 1. The van der Waals surface area contributed by atoms with E-state index in [1.807, 2.05) is 67.6 Å². The Labute approximate surface area is 147 Å². The molecule has 4 heteroatoms. The molecule has 128 valence electrons. The van der Waals surface area contributed by atoms with Crippen LogP contribution in [0, 0.1) is 0 Å². The van der Waals surface area contributed by atoms with Gasteiger partial charge in [-0.3, -0.25) is 4.79 Å². The summed E-state index contributed by atoms with van der Waals surface area (Å²) in [5, 5.41) is 5.12. The minimum Gasteiger partial charge on any atom is -0.497 e. The van der Waals surface area contributed by atoms with E-state index in [1.54, 1.807) is 14.2 Å². The third-order valence-electron chi connectivity index (χ3n) is 4.32. The summed E-state index contributed by atoms with van der Waals surface area (Å²) >= 11 is 0. The summed E-state index contributed by atoms with van der Waals surface area (Å²) in [5.74, 6) is 1.29. The van der Waals surface area contributed by atoms with Crippen LogP contribution in [-0.4, -0.2) is 20.1 Å². The molecule has 0 heterocycles. The van der Waals surface area contributed by atoms with Gasteiger partial charge in [0.1, 0.15) is 11.5 Å². The molecule has 0 aliphatic rings. The first-order chi connectivity index (χ1) is 12.1. The maximum atomic E-state index is 12.5. The van der Waals surface area contributed by atoms with E-state index >= 15 is 0 Å². The molecular weight excluding hydrogens is 314 g/mol. The Morgan fingerprint density at radius 2 is 1.44 bits per heavy atom. The number of rotatable bonds is 5. The Kier molecular flexibility index (Phi) is 4.89. The van der Waals surface area contributed by atoms with E-state index in [4.69, 9.17) is 9.47 Å². The zero-order chi connectivity index (χ0) is 17.8. The topological polar surface area (TPSA) is 47.6 Å². The lowest BCUT2D eigenvalue weighted by molar-refractivity contribution is -0.117. The van der Waals surface area contributed by atoms with E-state index in [-0.39, 0.29) is 11.8 Å². The van der Waals surface area contributed by atoms with E-state index in [1.165, 1.54) is 0 Å². The average molecular weight is 335 g/mol. The van der Waals surface area contributed by atoms with Gasteiger partial charge >= 0.3 is 0 Å². The van der Waals surface area contributed by atoms with Crippen molar-refractivity contribution in [1.29, 1.82) is 0 Å². The van der Waals surface area contributed by atoms with Crippen molar-refractivity contribution < 1.29 is 14.3 Å². The fourth-order valence-electron chi connectivity index (χ4n) is 2.71. The number of fused-ring (bicyclic) bond motifs is 1. The predicted octanol–water partition coefficient (Wildman–Crippen LogP) is 4.60. The lowest BCUT2D eigenvalue weighted by atomic mass is 9.97. The van der Waals surface area contributed by atoms with Crippen LogP contribution < -0.4 is 14.8 Å². The van der Waals surface area contributed by atoms with Crippen LogP contribution in [0.1, 0.15) is 18.4 Å². The highest BCUT2D eigenvalue weighted by Gasteiger charge is 2.16. The molecule has 0 saturated heterocycles. The maximum Gasteiger partial charge on any atom is 0.231 e. The molecular formula is C21H21NO3. The van der Waals surface area contributed by atoms with Gasteiger partial charge in [0.2, 0.25) is 5.91 Å². The Balaban J connectivity index is 1.77. The highest BCUT2D eigenvalue weighted by molar-refractivity contribution is 5.96. The fourth-order valence-corrected chi connectivity index (χ4v) is 2.71. The number of carbonyl (C=O) groups is 1. The minimum atomic E-state index is -0.256. The van der Waals surface area contributed by atoms with Crippen molar-refractivity contribution in [3.05, 3.63) is 66.2 Å². The zero-order valence-corrected chi connectivity index (χ0v) is 14.6. The molecule has 0 bridgehead atoms. The third kappa shape index (κ3) is 3.74. The number of anilines is 1. The summed E-state index contributed by atoms with van der Waals surface area (Å²) in [6, 6.07) is 19.3. The summed E-state index contributed by atoms with van der Waals surface area (Å²) in [4.78, 5) is 12.5. The molecule has 3 rings (SSSR count). The molecule has 4 nitrogen and oxygen atoms in total. The average Bonchev–Trinajstić information content (AvgIpc) is 2.67. The van der Waals surface area contributed by atoms with E-state index in [0.29, 0.717) is 0 Å². The summed E-state index contributed by atoms with van der Waals surface area (Å²) in [6.45, 7) is 1.91. The number of ether oxygens (including phenoxy) is 2. The standard InChI is InChI=1S/C21H21NO3/c1-14(21(23)22-18-7-10-19(24-2)11-8-18)15-4-5-17-13-20(25-3)9-6-16(17)12-15/h4-14H,1-3H3,(H,22,23)/t14-/m0/s1. The highest BCUT2D eigenvalue weighted by Crippen LogP contribution is 2.26. The molecule has 0 aliphatic carbocycles. The van der Waals surface area contributed by atoms with E-state index in [2.05, 4.69) is 5.32 Å². The zero-order valence-electron chi connectivity index (χ0n) is 14.6. The largest absolute Gasteiger partial charge is 0.497 e. The predicted molar refractivity (Wildman–Crippen MR) is 101 cm³/mol. The van der Waals surface area contributed by atoms with Gasteiger partial charge in [0.15, 0.2) is 0 Å². The van der Waals surface area contributed by atoms with Crippen LogP contribution in [0.25, 0.3) is 10.8 Å².